The number of likely N-dealkylation sites (N-methyl/N-ethyl adjacent to an activating group) is 1. The van der Waals surface area contributed by atoms with Crippen molar-refractivity contribution in [3.05, 3.63) is 27.7 Å². The predicted octanol–water partition coefficient (Wildman–Crippen LogP) is 3.21. The highest BCUT2D eigenvalue weighted by molar-refractivity contribution is 9.10. The van der Waals surface area contributed by atoms with Gasteiger partial charge in [-0.2, -0.15) is 4.31 Å². The van der Waals surface area contributed by atoms with Crippen molar-refractivity contribution in [3.63, 3.8) is 0 Å². The summed E-state index contributed by atoms with van der Waals surface area (Å²) in [7, 11) is -1.45. The lowest BCUT2D eigenvalue weighted by Gasteiger charge is -2.29. The standard InChI is InChI=1S/C14H20BrClN2O2S/c1-3-11-10-17(2)7-4-8-18(11)21(19,20)12-5-6-14(16)13(15)9-12/h5-6,9,11H,3-4,7-8,10H2,1-2H3. The van der Waals surface area contributed by atoms with E-state index in [1.807, 2.05) is 14.0 Å². The summed E-state index contributed by atoms with van der Waals surface area (Å²) in [5, 5.41) is 0.511. The van der Waals surface area contributed by atoms with Crippen LogP contribution in [0.25, 0.3) is 0 Å². The molecule has 1 aliphatic rings. The summed E-state index contributed by atoms with van der Waals surface area (Å²) in [5.41, 5.74) is 0. The predicted molar refractivity (Wildman–Crippen MR) is 89.2 cm³/mol. The summed E-state index contributed by atoms with van der Waals surface area (Å²) in [6, 6.07) is 4.78. The normalized spacial score (nSPS) is 22.2. The fourth-order valence-electron chi connectivity index (χ4n) is 2.64. The van der Waals surface area contributed by atoms with Gasteiger partial charge in [0.05, 0.1) is 9.92 Å². The van der Waals surface area contributed by atoms with Crippen molar-refractivity contribution in [1.29, 1.82) is 0 Å². The topological polar surface area (TPSA) is 40.6 Å². The van der Waals surface area contributed by atoms with Gasteiger partial charge in [0.2, 0.25) is 10.0 Å². The smallest absolute Gasteiger partial charge is 0.243 e. The number of sulfonamides is 1. The van der Waals surface area contributed by atoms with Gasteiger partial charge in [-0.25, -0.2) is 8.42 Å². The SMILES string of the molecule is CCC1CN(C)CCCN1S(=O)(=O)c1ccc(Cl)c(Br)c1. The summed E-state index contributed by atoms with van der Waals surface area (Å²) >= 11 is 9.25. The summed E-state index contributed by atoms with van der Waals surface area (Å²) in [5.74, 6) is 0. The Balaban J connectivity index is 2.38. The van der Waals surface area contributed by atoms with E-state index in [0.717, 1.165) is 25.9 Å². The van der Waals surface area contributed by atoms with E-state index in [2.05, 4.69) is 20.8 Å². The maximum absolute atomic E-state index is 12.9. The molecule has 0 aromatic heterocycles. The fourth-order valence-corrected chi connectivity index (χ4v) is 5.05. The highest BCUT2D eigenvalue weighted by Gasteiger charge is 2.32. The van der Waals surface area contributed by atoms with Gasteiger partial charge in [0.25, 0.3) is 0 Å². The molecule has 0 bridgehead atoms. The monoisotopic (exact) mass is 394 g/mol. The van der Waals surface area contributed by atoms with Crippen molar-refractivity contribution in [3.8, 4) is 0 Å². The first-order valence-corrected chi connectivity index (χ1v) is 9.62. The van der Waals surface area contributed by atoms with E-state index >= 15 is 0 Å². The summed E-state index contributed by atoms with van der Waals surface area (Å²) in [6.07, 6.45) is 1.65. The number of rotatable bonds is 3. The molecule has 1 aromatic rings. The molecule has 118 valence electrons. The Morgan fingerprint density at radius 2 is 2.10 bits per heavy atom. The van der Waals surface area contributed by atoms with Gasteiger partial charge in [0.1, 0.15) is 0 Å². The van der Waals surface area contributed by atoms with Gasteiger partial charge in [-0.05, 0) is 60.6 Å². The van der Waals surface area contributed by atoms with E-state index in [9.17, 15) is 8.42 Å². The maximum atomic E-state index is 12.9. The molecule has 1 heterocycles. The van der Waals surface area contributed by atoms with E-state index in [0.29, 0.717) is 20.9 Å². The average molecular weight is 396 g/mol. The zero-order chi connectivity index (χ0) is 15.6. The van der Waals surface area contributed by atoms with Gasteiger partial charge >= 0.3 is 0 Å². The van der Waals surface area contributed by atoms with Crippen LogP contribution in [0.2, 0.25) is 5.02 Å². The van der Waals surface area contributed by atoms with Crippen molar-refractivity contribution < 1.29 is 8.42 Å². The van der Waals surface area contributed by atoms with Gasteiger partial charge in [0.15, 0.2) is 0 Å². The minimum Gasteiger partial charge on any atom is -0.305 e. The van der Waals surface area contributed by atoms with Crippen LogP contribution in [-0.4, -0.2) is 50.3 Å². The van der Waals surface area contributed by atoms with Crippen molar-refractivity contribution in [1.82, 2.24) is 9.21 Å². The summed E-state index contributed by atoms with van der Waals surface area (Å²) in [6.45, 7) is 4.28. The van der Waals surface area contributed by atoms with E-state index in [1.165, 1.54) is 0 Å². The molecule has 7 heteroatoms. The largest absolute Gasteiger partial charge is 0.305 e. The van der Waals surface area contributed by atoms with E-state index < -0.39 is 10.0 Å². The molecule has 2 rings (SSSR count). The van der Waals surface area contributed by atoms with Crippen LogP contribution in [0.15, 0.2) is 27.6 Å². The third-order valence-electron chi connectivity index (χ3n) is 3.82. The molecule has 1 aliphatic heterocycles. The van der Waals surface area contributed by atoms with Crippen LogP contribution in [0, 0.1) is 0 Å². The molecule has 0 N–H and O–H groups in total. The lowest BCUT2D eigenvalue weighted by atomic mass is 10.2. The minimum absolute atomic E-state index is 0.0111. The fraction of sp³-hybridized carbons (Fsp3) is 0.571. The molecule has 0 amide bonds. The van der Waals surface area contributed by atoms with Crippen LogP contribution in [0.3, 0.4) is 0 Å². The molecule has 1 unspecified atom stereocenters. The Morgan fingerprint density at radius 3 is 2.71 bits per heavy atom. The van der Waals surface area contributed by atoms with E-state index in [1.54, 1.807) is 22.5 Å². The zero-order valence-corrected chi connectivity index (χ0v) is 15.4. The van der Waals surface area contributed by atoms with Gasteiger partial charge in [0, 0.05) is 23.6 Å². The maximum Gasteiger partial charge on any atom is 0.243 e. The molecule has 1 saturated heterocycles. The molecule has 0 spiro atoms. The highest BCUT2D eigenvalue weighted by atomic mass is 79.9. The number of halogens is 2. The molecule has 0 radical (unpaired) electrons. The molecule has 1 aromatic carbocycles. The second-order valence-corrected chi connectivity index (χ2v) is 8.52. The van der Waals surface area contributed by atoms with Crippen LogP contribution in [0.4, 0.5) is 0 Å². The Hall–Kier alpha value is -0.140. The number of nitrogens with zero attached hydrogens (tertiary/aromatic N) is 2. The van der Waals surface area contributed by atoms with Crippen molar-refractivity contribution in [2.45, 2.75) is 30.7 Å². The molecule has 1 fully saturated rings. The van der Waals surface area contributed by atoms with Crippen LogP contribution < -0.4 is 0 Å². The second kappa shape index (κ2) is 6.96. The van der Waals surface area contributed by atoms with E-state index in [-0.39, 0.29) is 6.04 Å². The lowest BCUT2D eigenvalue weighted by Crippen LogP contribution is -2.43. The van der Waals surface area contributed by atoms with Crippen LogP contribution >= 0.6 is 27.5 Å². The molecule has 0 saturated carbocycles. The van der Waals surface area contributed by atoms with Gasteiger partial charge in [-0.15, -0.1) is 0 Å². The van der Waals surface area contributed by atoms with Crippen LogP contribution in [0.5, 0.6) is 0 Å². The molecular formula is C14H20BrClN2O2S. The Morgan fingerprint density at radius 1 is 1.38 bits per heavy atom. The first kappa shape index (κ1) is 17.2. The molecule has 21 heavy (non-hydrogen) atoms. The van der Waals surface area contributed by atoms with Gasteiger partial charge in [-0.3, -0.25) is 0 Å². The van der Waals surface area contributed by atoms with Crippen LogP contribution in [-0.2, 0) is 10.0 Å². The minimum atomic E-state index is -3.49. The Kier molecular flexibility index (Phi) is 5.71. The highest BCUT2D eigenvalue weighted by Crippen LogP contribution is 2.28. The third-order valence-corrected chi connectivity index (χ3v) is 6.98. The Bertz CT molecular complexity index is 609. The summed E-state index contributed by atoms with van der Waals surface area (Å²) < 4.78 is 28.1. The van der Waals surface area contributed by atoms with Gasteiger partial charge in [-0.1, -0.05) is 18.5 Å². The first-order valence-electron chi connectivity index (χ1n) is 7.01. The van der Waals surface area contributed by atoms with Crippen molar-refractivity contribution in [2.24, 2.45) is 0 Å². The second-order valence-electron chi connectivity index (χ2n) is 5.37. The lowest BCUT2D eigenvalue weighted by molar-refractivity contribution is 0.270. The molecule has 4 nitrogen and oxygen atoms in total. The molecular weight excluding hydrogens is 376 g/mol. The van der Waals surface area contributed by atoms with Gasteiger partial charge < -0.3 is 4.90 Å². The number of hydrogen-bond acceptors (Lipinski definition) is 3. The average Bonchev–Trinajstić information content (AvgIpc) is 2.63. The van der Waals surface area contributed by atoms with E-state index in [4.69, 9.17) is 11.6 Å². The van der Waals surface area contributed by atoms with Crippen LogP contribution in [0.1, 0.15) is 19.8 Å². The molecule has 1 atom stereocenters. The van der Waals surface area contributed by atoms with Crippen molar-refractivity contribution in [2.75, 3.05) is 26.7 Å². The molecule has 0 aliphatic carbocycles. The van der Waals surface area contributed by atoms with Crippen molar-refractivity contribution >= 4 is 37.6 Å². The first-order chi connectivity index (χ1) is 9.86. The quantitative estimate of drug-likeness (QED) is 0.789. The summed E-state index contributed by atoms with van der Waals surface area (Å²) in [4.78, 5) is 2.49. The zero-order valence-electron chi connectivity index (χ0n) is 12.2. The number of benzene rings is 1. The Labute approximate surface area is 140 Å². The third kappa shape index (κ3) is 3.79. The number of hydrogen-bond donors (Lipinski definition) is 0.